The highest BCUT2D eigenvalue weighted by molar-refractivity contribution is 7.78. The van der Waals surface area contributed by atoms with E-state index < -0.39 is 0 Å². The van der Waals surface area contributed by atoms with Crippen LogP contribution in [0.2, 0.25) is 0 Å². The quantitative estimate of drug-likeness (QED) is 0.498. The number of amides is 1. The van der Waals surface area contributed by atoms with Gasteiger partial charge < -0.3 is 0 Å². The van der Waals surface area contributed by atoms with Gasteiger partial charge in [0.25, 0.3) is 0 Å². The molecule has 0 aromatic rings. The molecule has 1 amide bonds. The molecule has 0 heterocycles. The molecule has 0 saturated heterocycles. The Morgan fingerprint density at radius 1 is 1.15 bits per heavy atom. The average molecular weight is 203 g/mol. The van der Waals surface area contributed by atoms with Crippen LogP contribution < -0.4 is 0 Å². The summed E-state index contributed by atoms with van der Waals surface area (Å²) in [7, 11) is 0. The minimum atomic E-state index is 0.155. The van der Waals surface area contributed by atoms with E-state index in [4.69, 9.17) is 0 Å². The maximum atomic E-state index is 11.3. The third-order valence-electron chi connectivity index (χ3n) is 2.08. The van der Waals surface area contributed by atoms with Gasteiger partial charge >= 0.3 is 0 Å². The number of unbranched alkanes of at least 4 members (excludes halogenated alkanes) is 4. The summed E-state index contributed by atoms with van der Waals surface area (Å²) in [6.45, 7) is 4.82. The summed E-state index contributed by atoms with van der Waals surface area (Å²) in [5.74, 6) is 0.155. The van der Waals surface area contributed by atoms with Crippen molar-refractivity contribution >= 4 is 18.7 Å². The van der Waals surface area contributed by atoms with Crippen molar-refractivity contribution in [3.63, 3.8) is 0 Å². The Balaban J connectivity index is 3.27. The van der Waals surface area contributed by atoms with Crippen LogP contribution >= 0.6 is 12.8 Å². The number of hydrogen-bond acceptors (Lipinski definition) is 2. The van der Waals surface area contributed by atoms with Crippen molar-refractivity contribution in [2.45, 2.75) is 52.4 Å². The van der Waals surface area contributed by atoms with Crippen LogP contribution in [0.15, 0.2) is 0 Å². The van der Waals surface area contributed by atoms with Crippen LogP contribution in [0.4, 0.5) is 0 Å². The molecule has 0 rings (SSSR count). The first-order valence-corrected chi connectivity index (χ1v) is 5.61. The van der Waals surface area contributed by atoms with Gasteiger partial charge in [0.05, 0.1) is 0 Å². The predicted octanol–water partition coefficient (Wildman–Crippen LogP) is 3.04. The molecule has 2 nitrogen and oxygen atoms in total. The lowest BCUT2D eigenvalue weighted by Gasteiger charge is -2.12. The standard InChI is InChI=1S/C10H21NOS/c1-3-5-6-7-8-9-10(12)11(13)4-2/h13H,3-9H2,1-2H3. The summed E-state index contributed by atoms with van der Waals surface area (Å²) in [6, 6.07) is 0. The number of rotatable bonds is 7. The number of nitrogens with zero attached hydrogens (tertiary/aromatic N) is 1. The molecule has 0 aliphatic heterocycles. The molecule has 0 fully saturated rings. The topological polar surface area (TPSA) is 20.3 Å². The van der Waals surface area contributed by atoms with Gasteiger partial charge in [-0.25, -0.2) is 0 Å². The zero-order valence-electron chi connectivity index (χ0n) is 8.75. The molecule has 0 saturated carbocycles. The molecule has 78 valence electrons. The average Bonchev–Trinajstić information content (AvgIpc) is 2.16. The zero-order chi connectivity index (χ0) is 10.1. The predicted molar refractivity (Wildman–Crippen MR) is 59.7 cm³/mol. The SMILES string of the molecule is CCCCCCCC(=O)N(S)CC. The molecular formula is C10H21NOS. The fourth-order valence-corrected chi connectivity index (χ4v) is 1.29. The second-order valence-corrected chi connectivity index (χ2v) is 3.76. The molecule has 0 aromatic carbocycles. The molecule has 0 aliphatic rings. The second-order valence-electron chi connectivity index (χ2n) is 3.27. The minimum Gasteiger partial charge on any atom is -0.289 e. The van der Waals surface area contributed by atoms with Crippen molar-refractivity contribution in [3.05, 3.63) is 0 Å². The third-order valence-corrected chi connectivity index (χ3v) is 2.59. The van der Waals surface area contributed by atoms with Crippen LogP contribution in [0.5, 0.6) is 0 Å². The molecule has 0 bridgehead atoms. The van der Waals surface area contributed by atoms with Gasteiger partial charge in [-0.15, -0.1) is 0 Å². The van der Waals surface area contributed by atoms with Gasteiger partial charge in [0.15, 0.2) is 0 Å². The van der Waals surface area contributed by atoms with Crippen LogP contribution in [0.3, 0.4) is 0 Å². The lowest BCUT2D eigenvalue weighted by Crippen LogP contribution is -2.20. The summed E-state index contributed by atoms with van der Waals surface area (Å²) < 4.78 is 1.49. The van der Waals surface area contributed by atoms with E-state index in [0.717, 1.165) is 6.42 Å². The summed E-state index contributed by atoms with van der Waals surface area (Å²) >= 11 is 4.05. The van der Waals surface area contributed by atoms with E-state index in [1.54, 1.807) is 0 Å². The van der Waals surface area contributed by atoms with Crippen molar-refractivity contribution in [1.82, 2.24) is 4.31 Å². The zero-order valence-corrected chi connectivity index (χ0v) is 9.65. The smallest absolute Gasteiger partial charge is 0.232 e. The van der Waals surface area contributed by atoms with Gasteiger partial charge in [0, 0.05) is 13.0 Å². The van der Waals surface area contributed by atoms with Crippen molar-refractivity contribution in [1.29, 1.82) is 0 Å². The highest BCUT2D eigenvalue weighted by Gasteiger charge is 2.05. The molecule has 13 heavy (non-hydrogen) atoms. The Morgan fingerprint density at radius 3 is 2.31 bits per heavy atom. The number of carbonyl (C=O) groups excluding carboxylic acids is 1. The maximum Gasteiger partial charge on any atom is 0.232 e. The maximum absolute atomic E-state index is 11.3. The minimum absolute atomic E-state index is 0.155. The Bertz CT molecular complexity index is 139. The van der Waals surface area contributed by atoms with Crippen LogP contribution in [0.25, 0.3) is 0 Å². The molecular weight excluding hydrogens is 182 g/mol. The Kier molecular flexibility index (Phi) is 8.30. The summed E-state index contributed by atoms with van der Waals surface area (Å²) in [5.41, 5.74) is 0. The highest BCUT2D eigenvalue weighted by atomic mass is 32.1. The first-order valence-electron chi connectivity index (χ1n) is 5.21. The van der Waals surface area contributed by atoms with E-state index in [-0.39, 0.29) is 5.91 Å². The largest absolute Gasteiger partial charge is 0.289 e. The van der Waals surface area contributed by atoms with Crippen molar-refractivity contribution in [2.75, 3.05) is 6.54 Å². The molecule has 0 radical (unpaired) electrons. The molecule has 0 aromatic heterocycles. The van der Waals surface area contributed by atoms with E-state index in [1.807, 2.05) is 6.92 Å². The summed E-state index contributed by atoms with van der Waals surface area (Å²) in [5, 5.41) is 0. The van der Waals surface area contributed by atoms with E-state index in [0.29, 0.717) is 13.0 Å². The van der Waals surface area contributed by atoms with Gasteiger partial charge in [0.2, 0.25) is 5.91 Å². The lowest BCUT2D eigenvalue weighted by molar-refractivity contribution is -0.126. The normalized spacial score (nSPS) is 10.1. The molecule has 0 unspecified atom stereocenters. The van der Waals surface area contributed by atoms with Gasteiger partial charge in [-0.1, -0.05) is 45.4 Å². The summed E-state index contributed by atoms with van der Waals surface area (Å²) in [4.78, 5) is 11.3. The van der Waals surface area contributed by atoms with Gasteiger partial charge in [-0.2, -0.15) is 0 Å². The highest BCUT2D eigenvalue weighted by Crippen LogP contribution is 2.07. The number of hydrogen-bond donors (Lipinski definition) is 1. The lowest BCUT2D eigenvalue weighted by atomic mass is 10.1. The van der Waals surface area contributed by atoms with Crippen LogP contribution in [-0.4, -0.2) is 16.8 Å². The fraction of sp³-hybridized carbons (Fsp3) is 0.900. The van der Waals surface area contributed by atoms with Crippen LogP contribution in [-0.2, 0) is 4.79 Å². The Labute approximate surface area is 87.2 Å². The van der Waals surface area contributed by atoms with Gasteiger partial charge in [-0.05, 0) is 13.3 Å². The summed E-state index contributed by atoms with van der Waals surface area (Å²) in [6.07, 6.45) is 6.62. The van der Waals surface area contributed by atoms with E-state index in [9.17, 15) is 4.79 Å². The molecule has 0 aliphatic carbocycles. The van der Waals surface area contributed by atoms with Gasteiger partial charge in [0.1, 0.15) is 0 Å². The molecule has 0 atom stereocenters. The monoisotopic (exact) mass is 203 g/mol. The Morgan fingerprint density at radius 2 is 1.77 bits per heavy atom. The van der Waals surface area contributed by atoms with E-state index in [2.05, 4.69) is 19.7 Å². The molecule has 0 N–H and O–H groups in total. The number of carbonyl (C=O) groups is 1. The number of thiol groups is 1. The van der Waals surface area contributed by atoms with E-state index in [1.165, 1.54) is 30.0 Å². The third kappa shape index (κ3) is 6.94. The van der Waals surface area contributed by atoms with Crippen molar-refractivity contribution in [2.24, 2.45) is 0 Å². The van der Waals surface area contributed by atoms with Gasteiger partial charge in [-0.3, -0.25) is 9.10 Å². The van der Waals surface area contributed by atoms with Crippen molar-refractivity contribution in [3.8, 4) is 0 Å². The fourth-order valence-electron chi connectivity index (χ4n) is 1.19. The van der Waals surface area contributed by atoms with Crippen LogP contribution in [0, 0.1) is 0 Å². The molecule has 3 heteroatoms. The first-order chi connectivity index (χ1) is 6.22. The van der Waals surface area contributed by atoms with E-state index >= 15 is 0 Å². The molecule has 0 spiro atoms. The second kappa shape index (κ2) is 8.42. The first kappa shape index (κ1) is 12.8. The Hall–Kier alpha value is -0.180. The van der Waals surface area contributed by atoms with Crippen molar-refractivity contribution < 1.29 is 4.79 Å². The van der Waals surface area contributed by atoms with Crippen LogP contribution in [0.1, 0.15) is 52.4 Å².